The van der Waals surface area contributed by atoms with E-state index in [0.717, 1.165) is 16.8 Å². The van der Waals surface area contributed by atoms with Gasteiger partial charge in [0.25, 0.3) is 0 Å². The molecule has 140 valence electrons. The van der Waals surface area contributed by atoms with E-state index < -0.39 is 12.1 Å². The maximum Gasteiger partial charge on any atom is 0.413 e. The van der Waals surface area contributed by atoms with Gasteiger partial charge in [-0.15, -0.1) is 0 Å². The molecule has 1 atom stereocenters. The number of aromatic nitrogens is 3. The third-order valence-electron chi connectivity index (χ3n) is 4.69. The molecule has 0 saturated heterocycles. The molecule has 28 heavy (non-hydrogen) atoms. The van der Waals surface area contributed by atoms with Crippen LogP contribution in [0.1, 0.15) is 18.5 Å². The maximum absolute atomic E-state index is 12.1. The molecule has 2 aromatic heterocycles. The van der Waals surface area contributed by atoms with Crippen molar-refractivity contribution in [2.24, 2.45) is 0 Å². The minimum Gasteiger partial charge on any atom is -0.508 e. The molecule has 0 bridgehead atoms. The number of aromatic hydroxyl groups is 1. The number of hydrogen-bond acceptors (Lipinski definition) is 4. The van der Waals surface area contributed by atoms with E-state index in [0.29, 0.717) is 16.9 Å². The molecule has 0 radical (unpaired) electrons. The number of nitrogens with one attached hydrogen (secondary N) is 1. The van der Waals surface area contributed by atoms with Crippen molar-refractivity contribution in [2.45, 2.75) is 13.0 Å². The van der Waals surface area contributed by atoms with Crippen LogP contribution in [0, 0.1) is 0 Å². The topological polar surface area (TPSA) is 102 Å². The van der Waals surface area contributed by atoms with E-state index in [1.165, 1.54) is 11.2 Å². The van der Waals surface area contributed by atoms with Crippen LogP contribution in [0.15, 0.2) is 67.0 Å². The summed E-state index contributed by atoms with van der Waals surface area (Å²) >= 11 is 0. The molecule has 2 aromatic carbocycles. The molecule has 0 aliphatic carbocycles. The third kappa shape index (κ3) is 3.14. The van der Waals surface area contributed by atoms with Crippen LogP contribution in [0.4, 0.5) is 10.6 Å². The van der Waals surface area contributed by atoms with E-state index in [4.69, 9.17) is 0 Å². The minimum absolute atomic E-state index is 0.175. The Morgan fingerprint density at radius 1 is 1.07 bits per heavy atom. The van der Waals surface area contributed by atoms with Crippen LogP contribution in [0.5, 0.6) is 5.75 Å². The van der Waals surface area contributed by atoms with Gasteiger partial charge in [-0.2, -0.15) is 0 Å². The minimum atomic E-state index is -1.09. The number of amides is 1. The number of phenols is 1. The zero-order valence-electron chi connectivity index (χ0n) is 15.1. The van der Waals surface area contributed by atoms with Gasteiger partial charge in [0.15, 0.2) is 5.82 Å². The second-order valence-electron chi connectivity index (χ2n) is 6.43. The lowest BCUT2D eigenvalue weighted by Crippen LogP contribution is -2.33. The predicted molar refractivity (Wildman–Crippen MR) is 106 cm³/mol. The Hall–Kier alpha value is -3.87. The summed E-state index contributed by atoms with van der Waals surface area (Å²) in [4.78, 5) is 25.0. The molecule has 0 saturated carbocycles. The number of anilines is 1. The predicted octanol–water partition coefficient (Wildman–Crippen LogP) is 4.58. The van der Waals surface area contributed by atoms with Gasteiger partial charge in [0.1, 0.15) is 17.7 Å². The highest BCUT2D eigenvalue weighted by molar-refractivity contribution is 5.99. The first-order valence-electron chi connectivity index (χ1n) is 8.75. The van der Waals surface area contributed by atoms with Gasteiger partial charge in [-0.05, 0) is 48.4 Å². The Morgan fingerprint density at radius 3 is 2.46 bits per heavy atom. The molecule has 7 nitrogen and oxygen atoms in total. The van der Waals surface area contributed by atoms with Crippen molar-refractivity contribution in [2.75, 3.05) is 4.90 Å². The first-order chi connectivity index (χ1) is 13.5. The standard InChI is InChI=1S/C21H18N4O3/c1-13(14-5-3-2-4-6-14)25(21(27)28)20-17-11-18(24-19(17)22-12-23-20)15-7-9-16(26)10-8-15/h2-13,26H,1H3,(H,27,28)(H,22,23,24)/t13-/m1/s1. The largest absolute Gasteiger partial charge is 0.508 e. The van der Waals surface area contributed by atoms with Crippen LogP contribution in [-0.4, -0.2) is 31.3 Å². The van der Waals surface area contributed by atoms with E-state index in [-0.39, 0.29) is 5.75 Å². The summed E-state index contributed by atoms with van der Waals surface area (Å²) in [5.74, 6) is 0.490. The average Bonchev–Trinajstić information content (AvgIpc) is 3.14. The summed E-state index contributed by atoms with van der Waals surface area (Å²) in [5.41, 5.74) is 3.01. The van der Waals surface area contributed by atoms with Crippen LogP contribution < -0.4 is 4.90 Å². The van der Waals surface area contributed by atoms with Gasteiger partial charge < -0.3 is 15.2 Å². The highest BCUT2D eigenvalue weighted by Gasteiger charge is 2.26. The summed E-state index contributed by atoms with van der Waals surface area (Å²) in [7, 11) is 0. The van der Waals surface area contributed by atoms with Gasteiger partial charge in [-0.3, -0.25) is 4.90 Å². The van der Waals surface area contributed by atoms with Gasteiger partial charge in [-0.1, -0.05) is 30.3 Å². The second-order valence-corrected chi connectivity index (χ2v) is 6.43. The van der Waals surface area contributed by atoms with Gasteiger partial charge in [-0.25, -0.2) is 14.8 Å². The van der Waals surface area contributed by atoms with E-state index in [9.17, 15) is 15.0 Å². The molecule has 1 amide bonds. The molecular formula is C21H18N4O3. The first kappa shape index (κ1) is 17.5. The number of nitrogens with zero attached hydrogens (tertiary/aromatic N) is 3. The number of carboxylic acid groups (broad SMARTS) is 1. The maximum atomic E-state index is 12.1. The molecule has 3 N–H and O–H groups in total. The Balaban J connectivity index is 1.82. The molecule has 4 aromatic rings. The number of phenolic OH excluding ortho intramolecular Hbond substituents is 1. The van der Waals surface area contributed by atoms with Crippen molar-refractivity contribution >= 4 is 22.9 Å². The van der Waals surface area contributed by atoms with Crippen molar-refractivity contribution < 1.29 is 15.0 Å². The number of hydrogen-bond donors (Lipinski definition) is 3. The Morgan fingerprint density at radius 2 is 1.79 bits per heavy atom. The molecule has 4 rings (SSSR count). The number of H-pyrrole nitrogens is 1. The van der Waals surface area contributed by atoms with Crippen molar-refractivity contribution in [3.05, 3.63) is 72.6 Å². The molecule has 0 aliphatic rings. The van der Waals surface area contributed by atoms with Crippen molar-refractivity contribution in [3.8, 4) is 17.0 Å². The molecule has 0 spiro atoms. The van der Waals surface area contributed by atoms with Gasteiger partial charge in [0.05, 0.1) is 11.4 Å². The van der Waals surface area contributed by atoms with Gasteiger partial charge >= 0.3 is 6.09 Å². The van der Waals surface area contributed by atoms with Gasteiger partial charge in [0, 0.05) is 5.69 Å². The quantitative estimate of drug-likeness (QED) is 0.485. The normalized spacial score (nSPS) is 12.0. The summed E-state index contributed by atoms with van der Waals surface area (Å²) in [6.45, 7) is 1.82. The SMILES string of the molecule is C[C@H](c1ccccc1)N(C(=O)O)c1ncnc2[nH]c(-c3ccc(O)cc3)cc12. The number of rotatable bonds is 4. The lowest BCUT2D eigenvalue weighted by atomic mass is 10.1. The fourth-order valence-corrected chi connectivity index (χ4v) is 3.24. The lowest BCUT2D eigenvalue weighted by molar-refractivity contribution is 0.199. The molecular weight excluding hydrogens is 356 g/mol. The fourth-order valence-electron chi connectivity index (χ4n) is 3.24. The Bertz CT molecular complexity index is 1120. The van der Waals surface area contributed by atoms with Crippen LogP contribution in [0.3, 0.4) is 0 Å². The zero-order chi connectivity index (χ0) is 19.7. The Labute approximate surface area is 160 Å². The highest BCUT2D eigenvalue weighted by atomic mass is 16.4. The summed E-state index contributed by atoms with van der Waals surface area (Å²) in [6, 6.07) is 17.5. The summed E-state index contributed by atoms with van der Waals surface area (Å²) in [6.07, 6.45) is 0.256. The number of fused-ring (bicyclic) bond motifs is 1. The summed E-state index contributed by atoms with van der Waals surface area (Å²) in [5, 5.41) is 20.0. The smallest absolute Gasteiger partial charge is 0.413 e. The monoisotopic (exact) mass is 374 g/mol. The third-order valence-corrected chi connectivity index (χ3v) is 4.69. The van der Waals surface area contributed by atoms with Crippen molar-refractivity contribution in [1.29, 1.82) is 0 Å². The number of benzene rings is 2. The van der Waals surface area contributed by atoms with Crippen LogP contribution in [0.25, 0.3) is 22.3 Å². The highest BCUT2D eigenvalue weighted by Crippen LogP contribution is 2.33. The molecule has 2 heterocycles. The number of carbonyl (C=O) groups is 1. The van der Waals surface area contributed by atoms with Crippen LogP contribution in [0.2, 0.25) is 0 Å². The fraction of sp³-hybridized carbons (Fsp3) is 0.0952. The average molecular weight is 374 g/mol. The lowest BCUT2D eigenvalue weighted by Gasteiger charge is -2.26. The van der Waals surface area contributed by atoms with Crippen molar-refractivity contribution in [1.82, 2.24) is 15.0 Å². The van der Waals surface area contributed by atoms with Crippen LogP contribution >= 0.6 is 0 Å². The van der Waals surface area contributed by atoms with E-state index in [1.54, 1.807) is 24.3 Å². The van der Waals surface area contributed by atoms with E-state index in [2.05, 4.69) is 15.0 Å². The molecule has 0 unspecified atom stereocenters. The number of aromatic amines is 1. The zero-order valence-corrected chi connectivity index (χ0v) is 15.1. The van der Waals surface area contributed by atoms with Gasteiger partial charge in [0.2, 0.25) is 0 Å². The molecule has 0 fully saturated rings. The molecule has 7 heteroatoms. The van der Waals surface area contributed by atoms with Crippen LogP contribution in [-0.2, 0) is 0 Å². The second kappa shape index (κ2) is 7.03. The first-order valence-corrected chi connectivity index (χ1v) is 8.75. The van der Waals surface area contributed by atoms with Crippen molar-refractivity contribution in [3.63, 3.8) is 0 Å². The van der Waals surface area contributed by atoms with E-state index >= 15 is 0 Å². The Kier molecular flexibility index (Phi) is 4.41. The van der Waals surface area contributed by atoms with E-state index in [1.807, 2.05) is 43.3 Å². The summed E-state index contributed by atoms with van der Waals surface area (Å²) < 4.78 is 0. The molecule has 0 aliphatic heterocycles.